The zero-order chi connectivity index (χ0) is 17.8. The Balaban J connectivity index is 1.60. The van der Waals surface area contributed by atoms with Crippen LogP contribution in [0, 0.1) is 5.92 Å². The highest BCUT2D eigenvalue weighted by Gasteiger charge is 2.24. The molecule has 6 nitrogen and oxygen atoms in total. The third-order valence-corrected chi connectivity index (χ3v) is 4.99. The third-order valence-electron chi connectivity index (χ3n) is 4.99. The Morgan fingerprint density at radius 1 is 1.24 bits per heavy atom. The fraction of sp³-hybridized carbons (Fsp3) is 0.526. The summed E-state index contributed by atoms with van der Waals surface area (Å²) < 4.78 is 1.82. The van der Waals surface area contributed by atoms with Crippen molar-refractivity contribution in [2.45, 2.75) is 32.7 Å². The summed E-state index contributed by atoms with van der Waals surface area (Å²) in [5, 5.41) is 7.60. The Bertz CT molecular complexity index is 680. The minimum atomic E-state index is 0.0805. The Hall–Kier alpha value is -2.21. The van der Waals surface area contributed by atoms with Crippen molar-refractivity contribution in [3.63, 3.8) is 0 Å². The highest BCUT2D eigenvalue weighted by molar-refractivity contribution is 5.94. The lowest BCUT2D eigenvalue weighted by molar-refractivity contribution is 0.0709. The second kappa shape index (κ2) is 7.78. The van der Waals surface area contributed by atoms with Gasteiger partial charge in [-0.15, -0.1) is 10.2 Å². The van der Waals surface area contributed by atoms with Crippen LogP contribution < -0.4 is 0 Å². The molecule has 1 fully saturated rings. The molecule has 3 rings (SSSR count). The van der Waals surface area contributed by atoms with E-state index in [4.69, 9.17) is 0 Å². The lowest BCUT2D eigenvalue weighted by Crippen LogP contribution is -2.44. The van der Waals surface area contributed by atoms with Gasteiger partial charge in [0.1, 0.15) is 12.7 Å². The van der Waals surface area contributed by atoms with Crippen molar-refractivity contribution in [1.82, 2.24) is 24.6 Å². The van der Waals surface area contributed by atoms with Gasteiger partial charge in [0.25, 0.3) is 5.91 Å². The summed E-state index contributed by atoms with van der Waals surface area (Å²) in [5.74, 6) is 0.637. The molecule has 25 heavy (non-hydrogen) atoms. The van der Waals surface area contributed by atoms with Crippen LogP contribution in [0.3, 0.4) is 0 Å². The molecule has 134 valence electrons. The summed E-state index contributed by atoms with van der Waals surface area (Å²) in [4.78, 5) is 17.1. The third kappa shape index (κ3) is 4.25. The van der Waals surface area contributed by atoms with E-state index in [1.54, 1.807) is 12.7 Å². The number of nitrogens with zero attached hydrogens (tertiary/aromatic N) is 5. The predicted octanol–water partition coefficient (Wildman–Crippen LogP) is 2.46. The van der Waals surface area contributed by atoms with E-state index in [1.807, 2.05) is 40.8 Å². The van der Waals surface area contributed by atoms with Gasteiger partial charge < -0.3 is 9.80 Å². The topological polar surface area (TPSA) is 54.3 Å². The number of aromatic nitrogens is 3. The first-order valence-corrected chi connectivity index (χ1v) is 8.99. The molecule has 0 N–H and O–H groups in total. The minimum Gasteiger partial charge on any atom is -0.341 e. The Morgan fingerprint density at radius 2 is 1.92 bits per heavy atom. The number of rotatable bonds is 5. The Labute approximate surface area is 149 Å². The van der Waals surface area contributed by atoms with E-state index in [-0.39, 0.29) is 5.91 Å². The predicted molar refractivity (Wildman–Crippen MR) is 97.8 cm³/mol. The Morgan fingerprint density at radius 3 is 2.56 bits per heavy atom. The van der Waals surface area contributed by atoms with Crippen LogP contribution in [0.5, 0.6) is 0 Å². The summed E-state index contributed by atoms with van der Waals surface area (Å²) in [7, 11) is 1.91. The SMILES string of the molecule is CC(C)N1CCCC(CN(C)C(=O)c2ccc(-n3cnnc3)cc2)C1. The first-order chi connectivity index (χ1) is 12.0. The van der Waals surface area contributed by atoms with Crippen LogP contribution >= 0.6 is 0 Å². The highest BCUT2D eigenvalue weighted by Crippen LogP contribution is 2.20. The van der Waals surface area contributed by atoms with Crippen LogP contribution in [-0.2, 0) is 0 Å². The molecule has 2 aromatic rings. The molecule has 6 heteroatoms. The van der Waals surface area contributed by atoms with Crippen molar-refractivity contribution in [3.05, 3.63) is 42.5 Å². The van der Waals surface area contributed by atoms with E-state index in [0.29, 0.717) is 12.0 Å². The number of carbonyl (C=O) groups is 1. The average Bonchev–Trinajstić information content (AvgIpc) is 3.16. The summed E-state index contributed by atoms with van der Waals surface area (Å²) >= 11 is 0. The minimum absolute atomic E-state index is 0.0805. The lowest BCUT2D eigenvalue weighted by Gasteiger charge is -2.37. The van der Waals surface area contributed by atoms with Gasteiger partial charge in [0.15, 0.2) is 0 Å². The van der Waals surface area contributed by atoms with Crippen molar-refractivity contribution in [2.24, 2.45) is 5.92 Å². The van der Waals surface area contributed by atoms with E-state index < -0.39 is 0 Å². The van der Waals surface area contributed by atoms with Gasteiger partial charge in [-0.1, -0.05) is 0 Å². The van der Waals surface area contributed by atoms with E-state index in [9.17, 15) is 4.79 Å². The summed E-state index contributed by atoms with van der Waals surface area (Å²) in [6, 6.07) is 8.16. The number of benzene rings is 1. The molecule has 0 spiro atoms. The quantitative estimate of drug-likeness (QED) is 0.838. The first-order valence-electron chi connectivity index (χ1n) is 8.99. The molecule has 0 saturated carbocycles. The molecule has 2 heterocycles. The van der Waals surface area contributed by atoms with Crippen LogP contribution in [0.1, 0.15) is 37.0 Å². The molecule has 1 unspecified atom stereocenters. The standard InChI is InChI=1S/C19H27N5O/c1-15(2)23-10-4-5-16(12-23)11-22(3)19(25)17-6-8-18(9-7-17)24-13-20-21-14-24/h6-9,13-16H,4-5,10-12H2,1-3H3. The number of likely N-dealkylation sites (tertiary alicyclic amines) is 1. The van der Waals surface area contributed by atoms with Crippen molar-refractivity contribution < 1.29 is 4.79 Å². The summed E-state index contributed by atoms with van der Waals surface area (Å²) in [6.45, 7) is 7.57. The van der Waals surface area contributed by atoms with Crippen molar-refractivity contribution in [1.29, 1.82) is 0 Å². The number of piperidine rings is 1. The van der Waals surface area contributed by atoms with E-state index in [2.05, 4.69) is 28.9 Å². The number of carbonyl (C=O) groups excluding carboxylic acids is 1. The van der Waals surface area contributed by atoms with Gasteiger partial charge in [-0.2, -0.15) is 0 Å². The number of amides is 1. The molecule has 0 aliphatic carbocycles. The van der Waals surface area contributed by atoms with Crippen LogP contribution in [0.15, 0.2) is 36.9 Å². The molecule has 1 aliphatic rings. The van der Waals surface area contributed by atoms with E-state index in [0.717, 1.165) is 24.3 Å². The summed E-state index contributed by atoms with van der Waals surface area (Å²) in [6.07, 6.45) is 5.71. The molecule has 1 atom stereocenters. The van der Waals surface area contributed by atoms with Gasteiger partial charge in [0.2, 0.25) is 0 Å². The molecular formula is C19H27N5O. The number of hydrogen-bond acceptors (Lipinski definition) is 4. The maximum absolute atomic E-state index is 12.7. The summed E-state index contributed by atoms with van der Waals surface area (Å²) in [5.41, 5.74) is 1.67. The van der Waals surface area contributed by atoms with Gasteiger partial charge in [-0.25, -0.2) is 0 Å². The molecule has 1 aromatic carbocycles. The van der Waals surface area contributed by atoms with Gasteiger partial charge >= 0.3 is 0 Å². The fourth-order valence-corrected chi connectivity index (χ4v) is 3.52. The molecule has 1 aliphatic heterocycles. The van der Waals surface area contributed by atoms with Gasteiger partial charge in [-0.3, -0.25) is 9.36 Å². The molecule has 1 amide bonds. The molecule has 1 saturated heterocycles. The van der Waals surface area contributed by atoms with Crippen LogP contribution in [0.25, 0.3) is 5.69 Å². The maximum atomic E-state index is 12.7. The highest BCUT2D eigenvalue weighted by atomic mass is 16.2. The fourth-order valence-electron chi connectivity index (χ4n) is 3.52. The molecule has 1 aromatic heterocycles. The smallest absolute Gasteiger partial charge is 0.253 e. The largest absolute Gasteiger partial charge is 0.341 e. The molecule has 0 radical (unpaired) electrons. The van der Waals surface area contributed by atoms with Crippen LogP contribution in [0.4, 0.5) is 0 Å². The van der Waals surface area contributed by atoms with Crippen LogP contribution in [-0.4, -0.2) is 63.2 Å². The van der Waals surface area contributed by atoms with Gasteiger partial charge in [-0.05, 0) is 63.4 Å². The maximum Gasteiger partial charge on any atom is 0.253 e. The van der Waals surface area contributed by atoms with Crippen molar-refractivity contribution in [3.8, 4) is 5.69 Å². The molecule has 0 bridgehead atoms. The average molecular weight is 341 g/mol. The van der Waals surface area contributed by atoms with Gasteiger partial charge in [0.05, 0.1) is 0 Å². The monoisotopic (exact) mass is 341 g/mol. The lowest BCUT2D eigenvalue weighted by atomic mass is 9.96. The first kappa shape index (κ1) is 17.6. The van der Waals surface area contributed by atoms with Gasteiger partial charge in [0, 0.05) is 37.4 Å². The van der Waals surface area contributed by atoms with Crippen LogP contribution in [0.2, 0.25) is 0 Å². The zero-order valence-corrected chi connectivity index (χ0v) is 15.3. The Kier molecular flexibility index (Phi) is 5.48. The second-order valence-corrected chi connectivity index (χ2v) is 7.20. The second-order valence-electron chi connectivity index (χ2n) is 7.20. The van der Waals surface area contributed by atoms with Crippen molar-refractivity contribution >= 4 is 5.91 Å². The molecular weight excluding hydrogens is 314 g/mol. The zero-order valence-electron chi connectivity index (χ0n) is 15.3. The number of hydrogen-bond donors (Lipinski definition) is 0. The van der Waals surface area contributed by atoms with Crippen molar-refractivity contribution in [2.75, 3.05) is 26.7 Å². The van der Waals surface area contributed by atoms with E-state index >= 15 is 0 Å². The van der Waals surface area contributed by atoms with E-state index in [1.165, 1.54) is 19.4 Å². The normalized spacial score (nSPS) is 18.5.